The predicted molar refractivity (Wildman–Crippen MR) is 108 cm³/mol. The number of para-hydroxylation sites is 1. The van der Waals surface area contributed by atoms with E-state index in [-0.39, 0.29) is 5.91 Å². The second-order valence-electron chi connectivity index (χ2n) is 7.34. The highest BCUT2D eigenvalue weighted by molar-refractivity contribution is 6.06. The molecule has 2 aliphatic rings. The molecule has 0 saturated heterocycles. The summed E-state index contributed by atoms with van der Waals surface area (Å²) in [5.74, 6) is 0.491. The molecule has 0 atom stereocenters. The summed E-state index contributed by atoms with van der Waals surface area (Å²) in [6.45, 7) is 3.42. The molecule has 0 radical (unpaired) electrons. The fourth-order valence-electron chi connectivity index (χ4n) is 3.91. The van der Waals surface area contributed by atoms with E-state index in [2.05, 4.69) is 27.4 Å². The van der Waals surface area contributed by atoms with E-state index in [1.54, 1.807) is 6.07 Å². The van der Waals surface area contributed by atoms with Crippen LogP contribution in [-0.4, -0.2) is 29.0 Å². The van der Waals surface area contributed by atoms with Gasteiger partial charge in [0.15, 0.2) is 0 Å². The largest absolute Gasteiger partial charge is 0.354 e. The van der Waals surface area contributed by atoms with Crippen LogP contribution in [0.15, 0.2) is 42.0 Å². The van der Waals surface area contributed by atoms with Gasteiger partial charge >= 0.3 is 0 Å². The van der Waals surface area contributed by atoms with Crippen molar-refractivity contribution in [1.82, 2.24) is 9.97 Å². The normalized spacial score (nSPS) is 16.0. The highest BCUT2D eigenvalue weighted by Crippen LogP contribution is 2.28. The molecule has 1 aliphatic carbocycles. The highest BCUT2D eigenvalue weighted by atomic mass is 16.2. The zero-order valence-corrected chi connectivity index (χ0v) is 15.9. The number of carbonyl (C=O) groups is 1. The van der Waals surface area contributed by atoms with Crippen molar-refractivity contribution in [2.24, 2.45) is 0 Å². The number of aryl methyl sites for hydroxylation is 1. The van der Waals surface area contributed by atoms with E-state index in [0.717, 1.165) is 30.8 Å². The molecule has 5 heteroatoms. The van der Waals surface area contributed by atoms with Crippen LogP contribution in [0.5, 0.6) is 0 Å². The van der Waals surface area contributed by atoms with E-state index >= 15 is 0 Å². The van der Waals surface area contributed by atoms with Gasteiger partial charge in [0.1, 0.15) is 5.69 Å². The molecule has 1 aromatic carbocycles. The van der Waals surface area contributed by atoms with Gasteiger partial charge in [-0.2, -0.15) is 0 Å². The Kier molecular flexibility index (Phi) is 5.19. The van der Waals surface area contributed by atoms with Crippen LogP contribution in [0.4, 0.5) is 11.6 Å². The molecular weight excluding hydrogens is 336 g/mol. The van der Waals surface area contributed by atoms with E-state index in [9.17, 15) is 4.79 Å². The molecular formula is C22H26N4O. The fraction of sp³-hybridized carbons (Fsp3) is 0.409. The van der Waals surface area contributed by atoms with E-state index in [4.69, 9.17) is 0 Å². The number of carbonyl (C=O) groups excluding carboxylic acids is 1. The van der Waals surface area contributed by atoms with E-state index in [1.165, 1.54) is 36.8 Å². The average Bonchev–Trinajstić information content (AvgIpc) is 3.12. The molecule has 27 heavy (non-hydrogen) atoms. The van der Waals surface area contributed by atoms with Gasteiger partial charge < -0.3 is 10.2 Å². The zero-order valence-electron chi connectivity index (χ0n) is 15.9. The molecule has 2 aromatic rings. The van der Waals surface area contributed by atoms with Gasteiger partial charge in [-0.05, 0) is 63.1 Å². The molecule has 0 unspecified atom stereocenters. The van der Waals surface area contributed by atoms with E-state index in [1.807, 2.05) is 30.0 Å². The van der Waals surface area contributed by atoms with Gasteiger partial charge in [-0.3, -0.25) is 4.79 Å². The standard InChI is InChI=1S/C22H26N4O/c1-16-15-19(21(27)26-14-12-18-9-5-6-10-20(18)26)25-22(24-16)23-13-11-17-7-3-2-4-8-17/h5-7,9-10,15H,2-4,8,11-14H2,1H3,(H,23,24,25). The second-order valence-corrected chi connectivity index (χ2v) is 7.34. The third-order valence-electron chi connectivity index (χ3n) is 5.32. The Morgan fingerprint density at radius 2 is 2.07 bits per heavy atom. The molecule has 1 amide bonds. The summed E-state index contributed by atoms with van der Waals surface area (Å²) >= 11 is 0. The summed E-state index contributed by atoms with van der Waals surface area (Å²) in [6, 6.07) is 9.86. The lowest BCUT2D eigenvalue weighted by Gasteiger charge is -2.17. The van der Waals surface area contributed by atoms with Crippen LogP contribution in [0.25, 0.3) is 0 Å². The maximum absolute atomic E-state index is 13.0. The molecule has 0 fully saturated rings. The number of benzene rings is 1. The van der Waals surface area contributed by atoms with Crippen molar-refractivity contribution in [3.05, 3.63) is 58.9 Å². The van der Waals surface area contributed by atoms with Crippen LogP contribution < -0.4 is 10.2 Å². The predicted octanol–water partition coefficient (Wildman–Crippen LogP) is 4.29. The van der Waals surface area contributed by atoms with Crippen LogP contribution >= 0.6 is 0 Å². The van der Waals surface area contributed by atoms with Crippen LogP contribution in [-0.2, 0) is 6.42 Å². The minimum Gasteiger partial charge on any atom is -0.354 e. The number of rotatable bonds is 5. The second kappa shape index (κ2) is 7.91. The fourth-order valence-corrected chi connectivity index (χ4v) is 3.91. The Hall–Kier alpha value is -2.69. The van der Waals surface area contributed by atoms with Gasteiger partial charge in [0.25, 0.3) is 5.91 Å². The van der Waals surface area contributed by atoms with Crippen molar-refractivity contribution < 1.29 is 4.79 Å². The maximum atomic E-state index is 13.0. The molecule has 2 heterocycles. The van der Waals surface area contributed by atoms with Gasteiger partial charge in [0.05, 0.1) is 0 Å². The van der Waals surface area contributed by atoms with Crippen LogP contribution in [0, 0.1) is 6.92 Å². The lowest BCUT2D eigenvalue weighted by atomic mass is 9.97. The summed E-state index contributed by atoms with van der Waals surface area (Å²) < 4.78 is 0. The van der Waals surface area contributed by atoms with Crippen molar-refractivity contribution in [3.8, 4) is 0 Å². The number of fused-ring (bicyclic) bond motifs is 1. The Labute approximate surface area is 160 Å². The molecule has 1 N–H and O–H groups in total. The number of hydrogen-bond acceptors (Lipinski definition) is 4. The molecule has 1 aromatic heterocycles. The number of allylic oxidation sites excluding steroid dienone is 1. The first-order valence-electron chi connectivity index (χ1n) is 9.88. The number of anilines is 2. The molecule has 5 nitrogen and oxygen atoms in total. The molecule has 0 spiro atoms. The molecule has 1 aliphatic heterocycles. The minimum atomic E-state index is -0.0523. The summed E-state index contributed by atoms with van der Waals surface area (Å²) in [4.78, 5) is 23.8. The van der Waals surface area contributed by atoms with Gasteiger partial charge in [-0.15, -0.1) is 0 Å². The van der Waals surface area contributed by atoms with E-state index < -0.39 is 0 Å². The first-order chi connectivity index (χ1) is 13.2. The van der Waals surface area contributed by atoms with Crippen molar-refractivity contribution in [2.75, 3.05) is 23.3 Å². The third kappa shape index (κ3) is 4.02. The summed E-state index contributed by atoms with van der Waals surface area (Å²) in [7, 11) is 0. The highest BCUT2D eigenvalue weighted by Gasteiger charge is 2.26. The van der Waals surface area contributed by atoms with Crippen LogP contribution in [0.2, 0.25) is 0 Å². The Balaban J connectivity index is 1.46. The lowest BCUT2D eigenvalue weighted by Crippen LogP contribution is -2.30. The molecule has 140 valence electrons. The lowest BCUT2D eigenvalue weighted by molar-refractivity contribution is 0.0984. The van der Waals surface area contributed by atoms with Gasteiger partial charge in [0, 0.05) is 24.5 Å². The molecule has 0 bridgehead atoms. The maximum Gasteiger partial charge on any atom is 0.277 e. The summed E-state index contributed by atoms with van der Waals surface area (Å²) in [5.41, 5.74) is 5.00. The summed E-state index contributed by atoms with van der Waals surface area (Å²) in [6.07, 6.45) is 9.28. The van der Waals surface area contributed by atoms with Crippen LogP contribution in [0.1, 0.15) is 53.8 Å². The molecule has 0 saturated carbocycles. The molecule has 4 rings (SSSR count). The van der Waals surface area contributed by atoms with Gasteiger partial charge in [-0.1, -0.05) is 29.8 Å². The monoisotopic (exact) mass is 362 g/mol. The Bertz CT molecular complexity index is 874. The Morgan fingerprint density at radius 3 is 2.93 bits per heavy atom. The minimum absolute atomic E-state index is 0.0523. The average molecular weight is 362 g/mol. The van der Waals surface area contributed by atoms with Crippen LogP contribution in [0.3, 0.4) is 0 Å². The third-order valence-corrected chi connectivity index (χ3v) is 5.32. The van der Waals surface area contributed by atoms with Crippen molar-refractivity contribution in [3.63, 3.8) is 0 Å². The topological polar surface area (TPSA) is 58.1 Å². The Morgan fingerprint density at radius 1 is 1.19 bits per heavy atom. The first kappa shape index (κ1) is 17.7. The van der Waals surface area contributed by atoms with Crippen molar-refractivity contribution in [2.45, 2.75) is 45.4 Å². The number of aromatic nitrogens is 2. The number of amides is 1. The smallest absolute Gasteiger partial charge is 0.277 e. The van der Waals surface area contributed by atoms with Crippen molar-refractivity contribution in [1.29, 1.82) is 0 Å². The number of nitrogens with one attached hydrogen (secondary N) is 1. The van der Waals surface area contributed by atoms with Crippen molar-refractivity contribution >= 4 is 17.5 Å². The quantitative estimate of drug-likeness (QED) is 0.806. The van der Waals surface area contributed by atoms with Gasteiger partial charge in [-0.25, -0.2) is 9.97 Å². The SMILES string of the molecule is Cc1cc(C(=O)N2CCc3ccccc32)nc(NCCC2=CCCCC2)n1. The first-order valence-corrected chi connectivity index (χ1v) is 9.88. The zero-order chi connectivity index (χ0) is 18.6. The number of hydrogen-bond donors (Lipinski definition) is 1. The summed E-state index contributed by atoms with van der Waals surface area (Å²) in [5, 5.41) is 3.30. The van der Waals surface area contributed by atoms with E-state index in [0.29, 0.717) is 18.2 Å². The van der Waals surface area contributed by atoms with Gasteiger partial charge in [0.2, 0.25) is 5.95 Å². The number of nitrogens with zero attached hydrogens (tertiary/aromatic N) is 3.